The van der Waals surface area contributed by atoms with Gasteiger partial charge in [0.25, 0.3) is 0 Å². The summed E-state index contributed by atoms with van der Waals surface area (Å²) in [6.45, 7) is 0. The molecule has 0 atom stereocenters. The molecule has 1 N–H and O–H groups in total. The highest BCUT2D eigenvalue weighted by atomic mass is 15.3. The fraction of sp³-hybridized carbons (Fsp3) is 0.0667. The highest BCUT2D eigenvalue weighted by molar-refractivity contribution is 5.87. The number of hydrogen-bond acceptors (Lipinski definition) is 5. The van der Waals surface area contributed by atoms with Crippen LogP contribution in [0.25, 0.3) is 16.7 Å². The smallest absolute Gasteiger partial charge is 0.163 e. The van der Waals surface area contributed by atoms with Gasteiger partial charge in [0, 0.05) is 19.3 Å². The van der Waals surface area contributed by atoms with E-state index in [0.717, 1.165) is 16.7 Å². The van der Waals surface area contributed by atoms with Crippen LogP contribution in [0.1, 0.15) is 0 Å². The van der Waals surface area contributed by atoms with Crippen molar-refractivity contribution in [1.29, 1.82) is 0 Å². The summed E-state index contributed by atoms with van der Waals surface area (Å²) < 4.78 is 3.52. The second-order valence-electron chi connectivity index (χ2n) is 4.83. The maximum absolute atomic E-state index is 4.51. The molecule has 0 amide bonds. The number of aryl methyl sites for hydroxylation is 1. The van der Waals surface area contributed by atoms with Gasteiger partial charge in [-0.25, -0.2) is 14.6 Å². The number of aromatic nitrogens is 6. The molecule has 108 valence electrons. The van der Waals surface area contributed by atoms with Gasteiger partial charge in [-0.3, -0.25) is 4.68 Å². The number of anilines is 2. The average Bonchev–Trinajstić information content (AvgIpc) is 3.17. The summed E-state index contributed by atoms with van der Waals surface area (Å²) in [6, 6.07) is 11.8. The molecule has 0 aliphatic heterocycles. The number of nitrogens with zero attached hydrogens (tertiary/aromatic N) is 6. The van der Waals surface area contributed by atoms with E-state index in [0.29, 0.717) is 11.6 Å². The van der Waals surface area contributed by atoms with Crippen LogP contribution in [0.3, 0.4) is 0 Å². The second kappa shape index (κ2) is 4.96. The molecule has 4 aromatic rings. The van der Waals surface area contributed by atoms with Crippen LogP contribution >= 0.6 is 0 Å². The fourth-order valence-electron chi connectivity index (χ4n) is 2.30. The molecule has 7 nitrogen and oxygen atoms in total. The van der Waals surface area contributed by atoms with Gasteiger partial charge in [-0.05, 0) is 12.1 Å². The van der Waals surface area contributed by atoms with Crippen molar-refractivity contribution < 1.29 is 0 Å². The Balaban J connectivity index is 1.68. The van der Waals surface area contributed by atoms with E-state index in [4.69, 9.17) is 0 Å². The van der Waals surface area contributed by atoms with E-state index >= 15 is 0 Å². The zero-order valence-corrected chi connectivity index (χ0v) is 11.9. The van der Waals surface area contributed by atoms with E-state index in [-0.39, 0.29) is 0 Å². The summed E-state index contributed by atoms with van der Waals surface area (Å²) in [4.78, 5) is 8.49. The first-order chi connectivity index (χ1) is 10.8. The normalized spacial score (nSPS) is 11.0. The molecule has 1 aromatic carbocycles. The van der Waals surface area contributed by atoms with Crippen LogP contribution in [0.4, 0.5) is 11.6 Å². The summed E-state index contributed by atoms with van der Waals surface area (Å²) >= 11 is 0. The molecule has 0 radical (unpaired) electrons. The van der Waals surface area contributed by atoms with Crippen molar-refractivity contribution >= 4 is 22.7 Å². The zero-order chi connectivity index (χ0) is 14.9. The second-order valence-corrected chi connectivity index (χ2v) is 4.83. The zero-order valence-electron chi connectivity index (χ0n) is 11.9. The molecule has 0 fully saturated rings. The third kappa shape index (κ3) is 2.08. The lowest BCUT2D eigenvalue weighted by Crippen LogP contribution is -1.99. The Morgan fingerprint density at radius 3 is 2.77 bits per heavy atom. The predicted octanol–water partition coefficient (Wildman–Crippen LogP) is 2.29. The molecule has 0 aliphatic rings. The van der Waals surface area contributed by atoms with Crippen molar-refractivity contribution in [1.82, 2.24) is 29.5 Å². The Bertz CT molecular complexity index is 923. The molecule has 4 rings (SSSR count). The molecule has 22 heavy (non-hydrogen) atoms. The SMILES string of the molecule is Cn1ncc2c(Nc3ccn(-c4ccccc4)n3)ncnc21. The maximum atomic E-state index is 4.51. The van der Waals surface area contributed by atoms with Crippen molar-refractivity contribution in [3.05, 3.63) is 55.1 Å². The molecule has 0 spiro atoms. The summed E-state index contributed by atoms with van der Waals surface area (Å²) in [6.07, 6.45) is 5.16. The number of para-hydroxylation sites is 1. The van der Waals surface area contributed by atoms with Gasteiger partial charge in [0.1, 0.15) is 12.1 Å². The van der Waals surface area contributed by atoms with Crippen molar-refractivity contribution in [2.45, 2.75) is 0 Å². The van der Waals surface area contributed by atoms with E-state index in [1.807, 2.05) is 54.3 Å². The minimum Gasteiger partial charge on any atom is -0.323 e. The molecule has 0 bridgehead atoms. The van der Waals surface area contributed by atoms with Crippen LogP contribution in [-0.2, 0) is 7.05 Å². The van der Waals surface area contributed by atoms with Gasteiger partial charge in [-0.1, -0.05) is 18.2 Å². The van der Waals surface area contributed by atoms with Crippen molar-refractivity contribution in [2.75, 3.05) is 5.32 Å². The number of rotatable bonds is 3. The Hall–Kier alpha value is -3.22. The van der Waals surface area contributed by atoms with Gasteiger partial charge in [0.15, 0.2) is 11.5 Å². The van der Waals surface area contributed by atoms with Crippen molar-refractivity contribution in [2.24, 2.45) is 7.05 Å². The Labute approximate surface area is 126 Å². The summed E-state index contributed by atoms with van der Waals surface area (Å²) in [7, 11) is 1.85. The van der Waals surface area contributed by atoms with Crippen LogP contribution in [0.2, 0.25) is 0 Å². The van der Waals surface area contributed by atoms with E-state index in [2.05, 4.69) is 25.5 Å². The molecule has 7 heteroatoms. The van der Waals surface area contributed by atoms with Gasteiger partial charge < -0.3 is 5.32 Å². The van der Waals surface area contributed by atoms with E-state index < -0.39 is 0 Å². The maximum Gasteiger partial charge on any atom is 0.163 e. The van der Waals surface area contributed by atoms with Gasteiger partial charge in [-0.15, -0.1) is 0 Å². The largest absolute Gasteiger partial charge is 0.323 e. The molecule has 0 unspecified atom stereocenters. The Morgan fingerprint density at radius 2 is 1.91 bits per heavy atom. The highest BCUT2D eigenvalue weighted by Gasteiger charge is 2.09. The van der Waals surface area contributed by atoms with Crippen LogP contribution < -0.4 is 5.32 Å². The van der Waals surface area contributed by atoms with E-state index in [9.17, 15) is 0 Å². The Morgan fingerprint density at radius 1 is 1.05 bits per heavy atom. The molecule has 0 saturated carbocycles. The number of hydrogen-bond donors (Lipinski definition) is 1. The number of nitrogens with one attached hydrogen (secondary N) is 1. The first kappa shape index (κ1) is 12.5. The molecular weight excluding hydrogens is 278 g/mol. The molecule has 0 aliphatic carbocycles. The van der Waals surface area contributed by atoms with Crippen molar-refractivity contribution in [3.63, 3.8) is 0 Å². The van der Waals surface area contributed by atoms with Gasteiger partial charge in [0.05, 0.1) is 17.3 Å². The summed E-state index contributed by atoms with van der Waals surface area (Å²) in [5, 5.41) is 12.8. The van der Waals surface area contributed by atoms with Crippen LogP contribution in [-0.4, -0.2) is 29.5 Å². The van der Waals surface area contributed by atoms with Gasteiger partial charge >= 0.3 is 0 Å². The van der Waals surface area contributed by atoms with Crippen LogP contribution in [0, 0.1) is 0 Å². The van der Waals surface area contributed by atoms with Gasteiger partial charge in [-0.2, -0.15) is 10.2 Å². The third-order valence-corrected chi connectivity index (χ3v) is 3.39. The minimum absolute atomic E-state index is 0.691. The van der Waals surface area contributed by atoms with Crippen LogP contribution in [0.5, 0.6) is 0 Å². The lowest BCUT2D eigenvalue weighted by molar-refractivity contribution is 0.785. The lowest BCUT2D eigenvalue weighted by Gasteiger charge is -2.03. The van der Waals surface area contributed by atoms with Gasteiger partial charge in [0.2, 0.25) is 0 Å². The van der Waals surface area contributed by atoms with E-state index in [1.165, 1.54) is 6.33 Å². The molecule has 3 heterocycles. The monoisotopic (exact) mass is 291 g/mol. The number of fused-ring (bicyclic) bond motifs is 1. The predicted molar refractivity (Wildman–Crippen MR) is 83.2 cm³/mol. The molecule has 0 saturated heterocycles. The highest BCUT2D eigenvalue weighted by Crippen LogP contribution is 2.21. The molecule has 3 aromatic heterocycles. The third-order valence-electron chi connectivity index (χ3n) is 3.39. The fourth-order valence-corrected chi connectivity index (χ4v) is 2.30. The quantitative estimate of drug-likeness (QED) is 0.627. The first-order valence-electron chi connectivity index (χ1n) is 6.82. The lowest BCUT2D eigenvalue weighted by atomic mass is 10.3. The summed E-state index contributed by atoms with van der Waals surface area (Å²) in [5.41, 5.74) is 1.78. The van der Waals surface area contributed by atoms with E-state index in [1.54, 1.807) is 10.9 Å². The number of benzene rings is 1. The molecular formula is C15H13N7. The first-order valence-corrected chi connectivity index (χ1v) is 6.82. The topological polar surface area (TPSA) is 73.5 Å². The Kier molecular flexibility index (Phi) is 2.82. The average molecular weight is 291 g/mol. The summed E-state index contributed by atoms with van der Waals surface area (Å²) in [5.74, 6) is 1.41. The van der Waals surface area contributed by atoms with Crippen molar-refractivity contribution in [3.8, 4) is 5.69 Å². The minimum atomic E-state index is 0.691. The standard InChI is InChI=1S/C15H13N7/c1-21-15-12(9-18-21)14(16-10-17-15)19-13-7-8-22(20-13)11-5-3-2-4-6-11/h2-10H,1H3,(H,16,17,19,20). The van der Waals surface area contributed by atoms with Crippen LogP contribution in [0.15, 0.2) is 55.1 Å².